The van der Waals surface area contributed by atoms with E-state index in [0.29, 0.717) is 5.69 Å². The molecule has 0 fully saturated rings. The molecule has 2 aromatic rings. The van der Waals surface area contributed by atoms with E-state index >= 15 is 0 Å². The second-order valence-electron chi connectivity index (χ2n) is 5.07. The molecule has 26 heavy (non-hydrogen) atoms. The highest BCUT2D eigenvalue weighted by atomic mass is 35.5. The summed E-state index contributed by atoms with van der Waals surface area (Å²) in [5.74, 6) is -1.55. The predicted molar refractivity (Wildman–Crippen MR) is 95.6 cm³/mol. The Labute approximate surface area is 159 Å². The second-order valence-corrected chi connectivity index (χ2v) is 7.43. The number of hydrogen-bond acceptors (Lipinski definition) is 6. The van der Waals surface area contributed by atoms with Gasteiger partial charge in [0.2, 0.25) is 10.0 Å². The van der Waals surface area contributed by atoms with Crippen LogP contribution in [0.5, 0.6) is 0 Å². The molecule has 0 aliphatic carbocycles. The van der Waals surface area contributed by atoms with Crippen LogP contribution < -0.4 is 10.5 Å². The van der Waals surface area contributed by atoms with E-state index in [2.05, 4.69) is 10.3 Å². The first-order valence-corrected chi connectivity index (χ1v) is 9.35. The zero-order valence-corrected chi connectivity index (χ0v) is 15.6. The molecule has 1 amide bonds. The number of aromatic nitrogens is 1. The molecule has 0 bridgehead atoms. The Morgan fingerprint density at radius 3 is 2.35 bits per heavy atom. The van der Waals surface area contributed by atoms with Crippen molar-refractivity contribution >= 4 is 50.8 Å². The molecule has 0 aliphatic rings. The molecule has 11 heteroatoms. The quantitative estimate of drug-likeness (QED) is 0.566. The minimum Gasteiger partial charge on any atom is -0.448 e. The number of esters is 1. The average molecular weight is 418 g/mol. The summed E-state index contributed by atoms with van der Waals surface area (Å²) in [5, 5.41) is 7.54. The molecule has 1 atom stereocenters. The summed E-state index contributed by atoms with van der Waals surface area (Å²) >= 11 is 11.6. The normalized spacial score (nSPS) is 12.3. The summed E-state index contributed by atoms with van der Waals surface area (Å²) in [4.78, 5) is 27.8. The van der Waals surface area contributed by atoms with Crippen molar-refractivity contribution in [1.82, 2.24) is 4.98 Å². The van der Waals surface area contributed by atoms with Crippen molar-refractivity contribution in [3.8, 4) is 0 Å². The monoisotopic (exact) mass is 417 g/mol. The standard InChI is InChI=1S/C15H13Cl2N3O5S/c1-8(25-15(22)13-11(16)6-7-12(17)20-13)14(21)19-9-2-4-10(5-3-9)26(18,23)24/h2-8H,1H3,(H,19,21)(H2,18,23,24). The van der Waals surface area contributed by atoms with Crippen LogP contribution in [-0.2, 0) is 19.6 Å². The third-order valence-electron chi connectivity index (χ3n) is 3.11. The zero-order chi connectivity index (χ0) is 19.5. The van der Waals surface area contributed by atoms with E-state index in [1.54, 1.807) is 0 Å². The van der Waals surface area contributed by atoms with Gasteiger partial charge in [0.15, 0.2) is 11.8 Å². The van der Waals surface area contributed by atoms with Gasteiger partial charge in [-0.25, -0.2) is 23.3 Å². The van der Waals surface area contributed by atoms with E-state index in [1.165, 1.54) is 43.3 Å². The number of benzene rings is 1. The summed E-state index contributed by atoms with van der Waals surface area (Å²) in [5.41, 5.74) is 0.0838. The molecule has 138 valence electrons. The Hall–Kier alpha value is -2.20. The zero-order valence-electron chi connectivity index (χ0n) is 13.3. The number of amides is 1. The molecule has 1 aromatic carbocycles. The highest BCUT2D eigenvalue weighted by molar-refractivity contribution is 7.89. The number of nitrogens with two attached hydrogens (primary N) is 1. The molecule has 1 aromatic heterocycles. The van der Waals surface area contributed by atoms with E-state index in [9.17, 15) is 18.0 Å². The Morgan fingerprint density at radius 1 is 1.15 bits per heavy atom. The van der Waals surface area contributed by atoms with Crippen LogP contribution in [0.1, 0.15) is 17.4 Å². The van der Waals surface area contributed by atoms with Crippen molar-refractivity contribution < 1.29 is 22.7 Å². The van der Waals surface area contributed by atoms with Gasteiger partial charge in [0.1, 0.15) is 5.15 Å². The second kappa shape index (κ2) is 8.00. The van der Waals surface area contributed by atoms with Gasteiger partial charge in [-0.2, -0.15) is 0 Å². The number of hydrogen-bond donors (Lipinski definition) is 2. The van der Waals surface area contributed by atoms with Crippen LogP contribution in [0.25, 0.3) is 0 Å². The number of sulfonamides is 1. The van der Waals surface area contributed by atoms with E-state index in [0.717, 1.165) is 0 Å². The maximum Gasteiger partial charge on any atom is 0.359 e. The Balaban J connectivity index is 2.03. The summed E-state index contributed by atoms with van der Waals surface area (Å²) in [6, 6.07) is 7.95. The first-order chi connectivity index (χ1) is 12.1. The lowest BCUT2D eigenvalue weighted by Crippen LogP contribution is -2.30. The van der Waals surface area contributed by atoms with E-state index in [1.807, 2.05) is 0 Å². The molecule has 1 unspecified atom stereocenters. The highest BCUT2D eigenvalue weighted by Crippen LogP contribution is 2.19. The van der Waals surface area contributed by atoms with E-state index < -0.39 is 28.0 Å². The summed E-state index contributed by atoms with van der Waals surface area (Å²) in [7, 11) is -3.83. The highest BCUT2D eigenvalue weighted by Gasteiger charge is 2.22. The molecule has 0 radical (unpaired) electrons. The van der Waals surface area contributed by atoms with Crippen LogP contribution in [0.3, 0.4) is 0 Å². The van der Waals surface area contributed by atoms with Crippen LogP contribution in [0.4, 0.5) is 5.69 Å². The molecular weight excluding hydrogens is 405 g/mol. The lowest BCUT2D eigenvalue weighted by Gasteiger charge is -2.14. The third kappa shape index (κ3) is 5.15. The van der Waals surface area contributed by atoms with Crippen LogP contribution in [0.15, 0.2) is 41.3 Å². The Morgan fingerprint density at radius 2 is 1.77 bits per heavy atom. The number of rotatable bonds is 5. The SMILES string of the molecule is CC(OC(=O)c1nc(Cl)ccc1Cl)C(=O)Nc1ccc(S(N)(=O)=O)cc1. The van der Waals surface area contributed by atoms with Crippen molar-refractivity contribution in [2.45, 2.75) is 17.9 Å². The first-order valence-electron chi connectivity index (χ1n) is 7.04. The van der Waals surface area contributed by atoms with Crippen molar-refractivity contribution in [2.24, 2.45) is 5.14 Å². The molecule has 3 N–H and O–H groups in total. The fourth-order valence-corrected chi connectivity index (χ4v) is 2.65. The smallest absolute Gasteiger partial charge is 0.359 e. The number of pyridine rings is 1. The summed E-state index contributed by atoms with van der Waals surface area (Å²) in [6.07, 6.45) is -1.17. The number of primary sulfonamides is 1. The molecule has 0 saturated carbocycles. The van der Waals surface area contributed by atoms with Crippen LogP contribution >= 0.6 is 23.2 Å². The van der Waals surface area contributed by atoms with Gasteiger partial charge in [0, 0.05) is 5.69 Å². The molecule has 0 aliphatic heterocycles. The van der Waals surface area contributed by atoms with Crippen molar-refractivity contribution in [1.29, 1.82) is 0 Å². The lowest BCUT2D eigenvalue weighted by atomic mass is 10.3. The maximum absolute atomic E-state index is 12.1. The van der Waals surface area contributed by atoms with E-state index in [-0.39, 0.29) is 20.8 Å². The molecule has 2 rings (SSSR count). The van der Waals surface area contributed by atoms with Crippen LogP contribution in [0, 0.1) is 0 Å². The fourth-order valence-electron chi connectivity index (χ4n) is 1.80. The fraction of sp³-hybridized carbons (Fsp3) is 0.133. The molecular formula is C15H13Cl2N3O5S. The predicted octanol–water partition coefficient (Wildman–Crippen LogP) is 2.22. The van der Waals surface area contributed by atoms with Crippen molar-refractivity contribution in [3.63, 3.8) is 0 Å². The molecule has 1 heterocycles. The Kier molecular flexibility index (Phi) is 6.19. The van der Waals surface area contributed by atoms with Crippen LogP contribution in [-0.4, -0.2) is 31.4 Å². The number of anilines is 1. The van der Waals surface area contributed by atoms with Crippen LogP contribution in [0.2, 0.25) is 10.2 Å². The molecule has 0 spiro atoms. The molecule has 8 nitrogen and oxygen atoms in total. The number of halogens is 2. The summed E-state index contributed by atoms with van der Waals surface area (Å²) < 4.78 is 27.4. The van der Waals surface area contributed by atoms with Gasteiger partial charge in [-0.15, -0.1) is 0 Å². The van der Waals surface area contributed by atoms with Crippen molar-refractivity contribution in [3.05, 3.63) is 52.3 Å². The van der Waals surface area contributed by atoms with Gasteiger partial charge in [-0.3, -0.25) is 4.79 Å². The molecule has 0 saturated heterocycles. The van der Waals surface area contributed by atoms with E-state index in [4.69, 9.17) is 33.1 Å². The van der Waals surface area contributed by atoms with Gasteiger partial charge in [-0.1, -0.05) is 23.2 Å². The average Bonchev–Trinajstić information content (AvgIpc) is 2.56. The van der Waals surface area contributed by atoms with Gasteiger partial charge < -0.3 is 10.1 Å². The van der Waals surface area contributed by atoms with Gasteiger partial charge >= 0.3 is 5.97 Å². The van der Waals surface area contributed by atoms with Gasteiger partial charge in [0.05, 0.1) is 9.92 Å². The Bertz CT molecular complexity index is 948. The lowest BCUT2D eigenvalue weighted by molar-refractivity contribution is -0.123. The first kappa shape index (κ1) is 20.1. The summed E-state index contributed by atoms with van der Waals surface area (Å²) in [6.45, 7) is 1.35. The van der Waals surface area contributed by atoms with Crippen molar-refractivity contribution in [2.75, 3.05) is 5.32 Å². The number of carbonyl (C=O) groups is 2. The topological polar surface area (TPSA) is 128 Å². The number of carbonyl (C=O) groups excluding carboxylic acids is 2. The van der Waals surface area contributed by atoms with Gasteiger partial charge in [0.25, 0.3) is 5.91 Å². The maximum atomic E-state index is 12.1. The largest absolute Gasteiger partial charge is 0.448 e. The minimum absolute atomic E-state index is 0.0330. The number of nitrogens with one attached hydrogen (secondary N) is 1. The third-order valence-corrected chi connectivity index (χ3v) is 4.55. The van der Waals surface area contributed by atoms with Gasteiger partial charge in [-0.05, 0) is 43.3 Å². The number of nitrogens with zero attached hydrogens (tertiary/aromatic N) is 1. The minimum atomic E-state index is -3.83. The number of ether oxygens (including phenoxy) is 1.